The molecule has 52 heavy (non-hydrogen) atoms. The van der Waals surface area contributed by atoms with Gasteiger partial charge in [0.25, 0.3) is 40.5 Å². The molecule has 0 atom stereocenters. The molecule has 0 unspecified atom stereocenters. The number of hydrogen-bond donors (Lipinski definition) is 7. The highest BCUT2D eigenvalue weighted by molar-refractivity contribution is 7.91. The molecule has 0 saturated carbocycles. The number of sulfone groups is 1. The first-order chi connectivity index (χ1) is 23.4. The lowest BCUT2D eigenvalue weighted by atomic mass is 10.2. The molecule has 0 spiro atoms. The maximum absolute atomic E-state index is 14.8. The summed E-state index contributed by atoms with van der Waals surface area (Å²) in [5, 5.41) is 13.2. The normalized spacial score (nSPS) is 13.7. The van der Waals surface area contributed by atoms with Crippen LogP contribution in [0.3, 0.4) is 0 Å². The first-order valence-electron chi connectivity index (χ1n) is 12.3. The maximum atomic E-state index is 14.8. The van der Waals surface area contributed by atoms with Crippen LogP contribution in [0.5, 0.6) is 0 Å². The number of nitrogen functional groups attached to an aromatic ring is 2. The van der Waals surface area contributed by atoms with Crippen molar-refractivity contribution in [3.63, 3.8) is 0 Å². The first kappa shape index (κ1) is 42.2. The Hall–Kier alpha value is -4.22. The van der Waals surface area contributed by atoms with Crippen LogP contribution in [0.15, 0.2) is 75.3 Å². The Labute approximate surface area is 290 Å². The number of rotatable bonds is 13. The molecule has 286 valence electrons. The summed E-state index contributed by atoms with van der Waals surface area (Å²) >= 11 is 0. The fourth-order valence-electron chi connectivity index (χ4n) is 3.75. The maximum Gasteiger partial charge on any atom is 0.397 e. The van der Waals surface area contributed by atoms with Crippen LogP contribution in [0, 0.1) is 11.6 Å². The molecule has 32 heteroatoms. The summed E-state index contributed by atoms with van der Waals surface area (Å²) in [6.45, 7) is -1.13. The summed E-state index contributed by atoms with van der Waals surface area (Å²) in [5.41, 5.74) is 4.99. The zero-order valence-corrected chi connectivity index (χ0v) is 29.4. The topological polar surface area (TPSA) is 417 Å². The second-order valence-electron chi connectivity index (χ2n) is 9.42. The Morgan fingerprint density at radius 3 is 1.62 bits per heavy atom. The monoisotopic (exact) mass is 860 g/mol. The van der Waals surface area contributed by atoms with Crippen LogP contribution in [0.25, 0.3) is 0 Å². The Kier molecular flexibility index (Phi) is 11.6. The first-order valence-corrected chi connectivity index (χ1v) is 21.1. The molecule has 0 aliphatic rings. The Bertz CT molecular complexity index is 2740. The van der Waals surface area contributed by atoms with E-state index in [1.807, 2.05) is 0 Å². The van der Waals surface area contributed by atoms with Gasteiger partial charge in [-0.3, -0.25) is 22.8 Å². The van der Waals surface area contributed by atoms with Gasteiger partial charge < -0.3 is 11.5 Å². The van der Waals surface area contributed by atoms with E-state index < -0.39 is 143 Å². The van der Waals surface area contributed by atoms with E-state index in [0.717, 1.165) is 0 Å². The van der Waals surface area contributed by atoms with Gasteiger partial charge in [0.2, 0.25) is 0 Å². The van der Waals surface area contributed by atoms with Crippen LogP contribution in [-0.2, 0) is 64.9 Å². The second-order valence-corrected chi connectivity index (χ2v) is 18.1. The molecule has 3 aromatic carbocycles. The van der Waals surface area contributed by atoms with Gasteiger partial charge in [0.05, 0.1) is 28.6 Å². The van der Waals surface area contributed by atoms with Crippen molar-refractivity contribution in [1.82, 2.24) is 0 Å². The number of halogens is 2. The highest BCUT2D eigenvalue weighted by atomic mass is 32.3. The third kappa shape index (κ3) is 9.80. The molecule has 0 amide bonds. The van der Waals surface area contributed by atoms with Gasteiger partial charge in [0, 0.05) is 6.07 Å². The summed E-state index contributed by atoms with van der Waals surface area (Å²) < 4.78 is 221. The molecule has 0 heterocycles. The Morgan fingerprint density at radius 2 is 1.12 bits per heavy atom. The number of benzene rings is 3. The van der Waals surface area contributed by atoms with E-state index in [4.69, 9.17) is 20.6 Å². The van der Waals surface area contributed by atoms with Crippen LogP contribution >= 0.6 is 0 Å². The molecule has 24 nitrogen and oxygen atoms in total. The van der Waals surface area contributed by atoms with Crippen molar-refractivity contribution >= 4 is 94.8 Å². The van der Waals surface area contributed by atoms with Crippen molar-refractivity contribution in [2.75, 3.05) is 23.8 Å². The van der Waals surface area contributed by atoms with Crippen LogP contribution in [-0.4, -0.2) is 85.6 Å². The molecule has 0 aliphatic heterocycles. The highest BCUT2D eigenvalue weighted by Gasteiger charge is 2.33. The number of nitrogens with zero attached hydrogens (tertiary/aromatic N) is 4. The minimum atomic E-state index is -5.86. The summed E-state index contributed by atoms with van der Waals surface area (Å²) in [6, 6.07) is 1.81. The van der Waals surface area contributed by atoms with Gasteiger partial charge in [-0.25, -0.2) is 21.4 Å². The molecular formula is C20H18F2N6O18S6. The van der Waals surface area contributed by atoms with Gasteiger partial charge in [-0.15, -0.1) is 20.5 Å². The quantitative estimate of drug-likeness (QED) is 0.0728. The van der Waals surface area contributed by atoms with Crippen molar-refractivity contribution in [3.05, 3.63) is 42.0 Å². The summed E-state index contributed by atoms with van der Waals surface area (Å²) in [7, 11) is -32.1. The van der Waals surface area contributed by atoms with E-state index >= 15 is 0 Å². The number of azo groups is 2. The van der Waals surface area contributed by atoms with Gasteiger partial charge >= 0.3 is 10.4 Å². The van der Waals surface area contributed by atoms with E-state index in [1.165, 1.54) is 0 Å². The number of hydrogen-bond acceptors (Lipinski definition) is 19. The summed E-state index contributed by atoms with van der Waals surface area (Å²) in [5.74, 6) is -5.91. The molecule has 0 aromatic heterocycles. The SMILES string of the molecule is Nc1c(N=Nc2ccc(S(=O)(=O)CCOS(=O)(=O)O)cc2S(=O)(=O)O)cc(S(=O)(=O)O)c(N)c1N=Nc1cc(F)c(S(=O)(=O)O)c(F)c1S(=O)(=O)O. The van der Waals surface area contributed by atoms with Crippen molar-refractivity contribution in [1.29, 1.82) is 0 Å². The minimum absolute atomic E-state index is 0.166. The van der Waals surface area contributed by atoms with E-state index in [1.54, 1.807) is 0 Å². The Balaban J connectivity index is 2.26. The average Bonchev–Trinajstić information content (AvgIpc) is 2.92. The predicted octanol–water partition coefficient (Wildman–Crippen LogP) is 1.54. The molecule has 0 radical (unpaired) electrons. The fourth-order valence-corrected chi connectivity index (χ4v) is 8.01. The molecular weight excluding hydrogens is 843 g/mol. The lowest BCUT2D eigenvalue weighted by molar-refractivity contribution is 0.284. The van der Waals surface area contributed by atoms with Gasteiger partial charge in [-0.05, 0) is 24.3 Å². The van der Waals surface area contributed by atoms with Gasteiger partial charge in [0.15, 0.2) is 25.4 Å². The molecule has 9 N–H and O–H groups in total. The van der Waals surface area contributed by atoms with Gasteiger partial charge in [-0.1, -0.05) is 0 Å². The lowest BCUT2D eigenvalue weighted by Gasteiger charge is -2.11. The van der Waals surface area contributed by atoms with Crippen molar-refractivity contribution in [2.24, 2.45) is 20.5 Å². The van der Waals surface area contributed by atoms with Gasteiger partial charge in [0.1, 0.15) is 38.4 Å². The molecule has 3 rings (SSSR count). The minimum Gasteiger partial charge on any atom is -0.396 e. The van der Waals surface area contributed by atoms with Gasteiger partial charge in [-0.2, -0.15) is 42.1 Å². The van der Waals surface area contributed by atoms with E-state index in [0.29, 0.717) is 24.3 Å². The smallest absolute Gasteiger partial charge is 0.396 e. The van der Waals surface area contributed by atoms with E-state index in [2.05, 4.69) is 24.6 Å². The third-order valence-corrected chi connectivity index (χ3v) is 11.6. The predicted molar refractivity (Wildman–Crippen MR) is 165 cm³/mol. The zero-order chi connectivity index (χ0) is 40.0. The fraction of sp³-hybridized carbons (Fsp3) is 0.100. The van der Waals surface area contributed by atoms with Crippen molar-refractivity contribution in [3.8, 4) is 0 Å². The summed E-state index contributed by atoms with van der Waals surface area (Å²) in [6.07, 6.45) is 0. The van der Waals surface area contributed by atoms with Crippen LogP contribution in [0.4, 0.5) is 42.9 Å². The number of anilines is 2. The number of nitrogens with two attached hydrogens (primary N) is 2. The average molecular weight is 861 g/mol. The molecule has 0 aliphatic carbocycles. The highest BCUT2D eigenvalue weighted by Crippen LogP contribution is 2.44. The molecule has 3 aromatic rings. The second kappa shape index (κ2) is 14.3. The standard InChI is InChI=1S/C20H18F2N6O18S6/c21-9-6-12(20(51(40,41)42)15(22)19(9)50(37,38)39)27-28-18-16(23)11(7-14(17(18)24)49(34,35)36)26-25-10-2-1-8(5-13(10)48(31,32)33)47(29,30)4-3-46-52(43,44)45/h1-2,5-7H,3-4,23-24H2,(H,31,32,33)(H,34,35,36)(H,37,38,39)(H,40,41,42)(H,43,44,45). The largest absolute Gasteiger partial charge is 0.397 e. The summed E-state index contributed by atoms with van der Waals surface area (Å²) in [4.78, 5) is -7.80. The van der Waals surface area contributed by atoms with Crippen molar-refractivity contribution in [2.45, 2.75) is 24.5 Å². The van der Waals surface area contributed by atoms with Crippen molar-refractivity contribution < 1.29 is 86.2 Å². The molecule has 0 saturated heterocycles. The van der Waals surface area contributed by atoms with Crippen LogP contribution in [0.2, 0.25) is 0 Å². The van der Waals surface area contributed by atoms with E-state index in [9.17, 15) is 72.9 Å². The van der Waals surface area contributed by atoms with Crippen LogP contribution in [0.1, 0.15) is 0 Å². The molecule has 0 bridgehead atoms. The van der Waals surface area contributed by atoms with Crippen LogP contribution < -0.4 is 11.5 Å². The van der Waals surface area contributed by atoms with E-state index in [-0.39, 0.29) is 6.07 Å². The Morgan fingerprint density at radius 1 is 0.596 bits per heavy atom. The molecule has 0 fully saturated rings. The third-order valence-electron chi connectivity index (χ3n) is 5.90. The zero-order valence-electron chi connectivity index (χ0n) is 24.5. The lowest BCUT2D eigenvalue weighted by Crippen LogP contribution is -2.16.